The first-order valence-corrected chi connectivity index (χ1v) is 10.9. The quantitative estimate of drug-likeness (QED) is 0.415. The Morgan fingerprint density at radius 3 is 2.11 bits per heavy atom. The fraction of sp³-hybridized carbons (Fsp3) is 0.154. The molecule has 0 fully saturated rings. The molecule has 36 heavy (non-hydrogen) atoms. The normalized spacial score (nSPS) is 12.9. The number of pyridine rings is 1. The minimum Gasteiger partial charge on any atom is -0.457 e. The molecule has 182 valence electrons. The minimum absolute atomic E-state index is 0.275. The van der Waals surface area contributed by atoms with Crippen molar-refractivity contribution in [2.45, 2.75) is 26.1 Å². The van der Waals surface area contributed by atoms with Crippen molar-refractivity contribution in [2.75, 3.05) is 0 Å². The maximum absolute atomic E-state index is 13.7. The topological polar surface area (TPSA) is 97.0 Å². The lowest BCUT2D eigenvalue weighted by Crippen LogP contribution is -2.35. The van der Waals surface area contributed by atoms with Crippen molar-refractivity contribution in [1.82, 2.24) is 20.3 Å². The van der Waals surface area contributed by atoms with Gasteiger partial charge in [0, 0.05) is 29.1 Å². The fourth-order valence-corrected chi connectivity index (χ4v) is 4.12. The summed E-state index contributed by atoms with van der Waals surface area (Å²) < 4.78 is 47.1. The molecule has 2 aromatic carbocycles. The van der Waals surface area contributed by atoms with Crippen LogP contribution in [0.25, 0.3) is 11.4 Å². The number of amides is 1. The van der Waals surface area contributed by atoms with Gasteiger partial charge in [-0.3, -0.25) is 9.59 Å². The second-order valence-electron chi connectivity index (χ2n) is 8.46. The van der Waals surface area contributed by atoms with Crippen LogP contribution in [0.4, 0.5) is 13.2 Å². The molecule has 0 saturated carbocycles. The average Bonchev–Trinajstić information content (AvgIpc) is 2.83. The van der Waals surface area contributed by atoms with Crippen molar-refractivity contribution in [2.24, 2.45) is 0 Å². The number of aryl methyl sites for hydroxylation is 2. The number of benzene rings is 2. The fourth-order valence-electron chi connectivity index (χ4n) is 4.12. The molecule has 5 rings (SSSR count). The van der Waals surface area contributed by atoms with Gasteiger partial charge in [0.05, 0.1) is 6.04 Å². The second kappa shape index (κ2) is 8.63. The van der Waals surface area contributed by atoms with Crippen LogP contribution in [-0.2, 0) is 6.18 Å². The number of ether oxygens (including phenoxy) is 1. The van der Waals surface area contributed by atoms with Crippen LogP contribution in [0.1, 0.15) is 44.3 Å². The van der Waals surface area contributed by atoms with Crippen molar-refractivity contribution < 1.29 is 22.7 Å². The summed E-state index contributed by atoms with van der Waals surface area (Å²) in [7, 11) is 0. The Labute approximate surface area is 203 Å². The van der Waals surface area contributed by atoms with Gasteiger partial charge >= 0.3 is 6.18 Å². The Balaban J connectivity index is 1.60. The zero-order valence-electron chi connectivity index (χ0n) is 19.1. The lowest BCUT2D eigenvalue weighted by molar-refractivity contribution is -0.140. The summed E-state index contributed by atoms with van der Waals surface area (Å²) in [6.45, 7) is 3.80. The van der Waals surface area contributed by atoms with E-state index in [-0.39, 0.29) is 5.82 Å². The smallest absolute Gasteiger partial charge is 0.432 e. The summed E-state index contributed by atoms with van der Waals surface area (Å²) in [5, 5.41) is 2.80. The largest absolute Gasteiger partial charge is 0.457 e. The SMILES string of the molecule is Cc1ccc2c(c1)Oc1cc(C)ccc1C2NC(=O)c1cc(-c2ncccn2)c(C(F)(F)F)[nH]c1=O. The van der Waals surface area contributed by atoms with Crippen molar-refractivity contribution in [3.63, 3.8) is 0 Å². The molecule has 1 aliphatic rings. The Morgan fingerprint density at radius 2 is 1.56 bits per heavy atom. The predicted octanol–water partition coefficient (Wildman–Crippen LogP) is 5.09. The minimum atomic E-state index is -4.89. The summed E-state index contributed by atoms with van der Waals surface area (Å²) in [5.41, 5.74) is -0.322. The molecular weight excluding hydrogens is 473 g/mol. The molecule has 0 atom stereocenters. The van der Waals surface area contributed by atoms with Gasteiger partial charge in [-0.25, -0.2) is 9.97 Å². The van der Waals surface area contributed by atoms with Gasteiger partial charge in [0.1, 0.15) is 22.8 Å². The van der Waals surface area contributed by atoms with E-state index in [1.165, 1.54) is 18.5 Å². The van der Waals surface area contributed by atoms with E-state index in [2.05, 4.69) is 15.3 Å². The number of carbonyl (C=O) groups is 1. The first-order valence-electron chi connectivity index (χ1n) is 10.9. The van der Waals surface area contributed by atoms with Crippen LogP contribution in [0.3, 0.4) is 0 Å². The summed E-state index contributed by atoms with van der Waals surface area (Å²) in [5.74, 6) is -0.0499. The molecular formula is C26H19F3N4O3. The first kappa shape index (κ1) is 23.3. The van der Waals surface area contributed by atoms with Crippen LogP contribution in [-0.4, -0.2) is 20.9 Å². The summed E-state index contributed by atoms with van der Waals surface area (Å²) >= 11 is 0. The van der Waals surface area contributed by atoms with E-state index in [9.17, 15) is 22.8 Å². The Bertz CT molecular complexity index is 1500. The van der Waals surface area contributed by atoms with Crippen LogP contribution in [0.5, 0.6) is 11.5 Å². The molecule has 1 amide bonds. The number of hydrogen-bond donors (Lipinski definition) is 2. The number of halogens is 3. The maximum Gasteiger partial charge on any atom is 0.432 e. The average molecular weight is 492 g/mol. The Kier molecular flexibility index (Phi) is 5.58. The number of hydrogen-bond acceptors (Lipinski definition) is 5. The predicted molar refractivity (Wildman–Crippen MR) is 125 cm³/mol. The molecule has 0 aliphatic carbocycles. The van der Waals surface area contributed by atoms with E-state index >= 15 is 0 Å². The number of carbonyl (C=O) groups excluding carboxylic acids is 1. The van der Waals surface area contributed by atoms with Gasteiger partial charge in [-0.2, -0.15) is 13.2 Å². The van der Waals surface area contributed by atoms with E-state index in [0.29, 0.717) is 22.6 Å². The molecule has 2 aromatic heterocycles. The molecule has 0 bridgehead atoms. The standard InChI is InChI=1S/C26H19F3N4O3/c1-13-4-6-15-19(10-13)36-20-11-14(2)5-7-16(20)21(15)32-24(34)18-12-17(23-30-8-3-9-31-23)22(26(27,28)29)33-25(18)35/h3-12,21H,1-2H3,(H,32,34)(H,33,35). The lowest BCUT2D eigenvalue weighted by Gasteiger charge is -2.29. The van der Waals surface area contributed by atoms with E-state index < -0.39 is 40.5 Å². The Morgan fingerprint density at radius 1 is 0.972 bits per heavy atom. The zero-order chi connectivity index (χ0) is 25.6. The molecule has 0 radical (unpaired) electrons. The molecule has 0 unspecified atom stereocenters. The Hall–Kier alpha value is -4.47. The van der Waals surface area contributed by atoms with Gasteiger partial charge in [-0.1, -0.05) is 24.3 Å². The highest BCUT2D eigenvalue weighted by Gasteiger charge is 2.37. The molecule has 10 heteroatoms. The van der Waals surface area contributed by atoms with Gasteiger partial charge < -0.3 is 15.0 Å². The molecule has 1 aliphatic heterocycles. The number of nitrogens with one attached hydrogen (secondary N) is 2. The van der Waals surface area contributed by atoms with Crippen LogP contribution in [0.15, 0.2) is 65.7 Å². The van der Waals surface area contributed by atoms with E-state index in [4.69, 9.17) is 4.74 Å². The van der Waals surface area contributed by atoms with Gasteiger partial charge in [-0.15, -0.1) is 0 Å². The van der Waals surface area contributed by atoms with E-state index in [1.54, 1.807) is 12.1 Å². The number of nitrogens with zero attached hydrogens (tertiary/aromatic N) is 2. The highest BCUT2D eigenvalue weighted by Crippen LogP contribution is 2.43. The number of fused-ring (bicyclic) bond motifs is 2. The van der Waals surface area contributed by atoms with Crippen molar-refractivity contribution in [3.05, 3.63) is 105 Å². The van der Waals surface area contributed by atoms with Crippen LogP contribution in [0, 0.1) is 13.8 Å². The van der Waals surface area contributed by atoms with Crippen molar-refractivity contribution in [3.8, 4) is 22.9 Å². The molecule has 2 N–H and O–H groups in total. The van der Waals surface area contributed by atoms with Gasteiger partial charge in [-0.05, 0) is 49.2 Å². The third-order valence-electron chi connectivity index (χ3n) is 5.83. The van der Waals surface area contributed by atoms with Crippen molar-refractivity contribution >= 4 is 5.91 Å². The number of aromatic amines is 1. The van der Waals surface area contributed by atoms with Gasteiger partial charge in [0.2, 0.25) is 0 Å². The van der Waals surface area contributed by atoms with Crippen molar-refractivity contribution in [1.29, 1.82) is 0 Å². The number of rotatable bonds is 3. The number of alkyl halides is 3. The zero-order valence-corrected chi connectivity index (χ0v) is 19.1. The summed E-state index contributed by atoms with van der Waals surface area (Å²) in [6.07, 6.45) is -2.35. The summed E-state index contributed by atoms with van der Waals surface area (Å²) in [6, 6.07) is 12.6. The first-order chi connectivity index (χ1) is 17.1. The van der Waals surface area contributed by atoms with E-state index in [0.717, 1.165) is 17.2 Å². The summed E-state index contributed by atoms with van der Waals surface area (Å²) in [4.78, 5) is 35.5. The molecule has 3 heterocycles. The van der Waals surface area contributed by atoms with Gasteiger partial charge in [0.15, 0.2) is 5.82 Å². The molecule has 4 aromatic rings. The van der Waals surface area contributed by atoms with Crippen LogP contribution >= 0.6 is 0 Å². The van der Waals surface area contributed by atoms with E-state index in [1.807, 2.05) is 43.1 Å². The maximum atomic E-state index is 13.7. The second-order valence-corrected chi connectivity index (χ2v) is 8.46. The molecule has 7 nitrogen and oxygen atoms in total. The highest BCUT2D eigenvalue weighted by molar-refractivity contribution is 5.95. The van der Waals surface area contributed by atoms with Crippen LogP contribution in [0.2, 0.25) is 0 Å². The molecule has 0 spiro atoms. The van der Waals surface area contributed by atoms with Crippen LogP contribution < -0.4 is 15.6 Å². The number of H-pyrrole nitrogens is 1. The molecule has 0 saturated heterocycles. The highest BCUT2D eigenvalue weighted by atomic mass is 19.4. The third-order valence-corrected chi connectivity index (χ3v) is 5.83. The number of aromatic nitrogens is 3. The third kappa shape index (κ3) is 4.21. The lowest BCUT2D eigenvalue weighted by atomic mass is 9.92. The monoisotopic (exact) mass is 492 g/mol. The van der Waals surface area contributed by atoms with Gasteiger partial charge in [0.25, 0.3) is 11.5 Å².